The number of hydrogen-bond donors (Lipinski definition) is 2. The first-order valence-corrected chi connectivity index (χ1v) is 8.90. The summed E-state index contributed by atoms with van der Waals surface area (Å²) in [6, 6.07) is 10.3. The van der Waals surface area contributed by atoms with Gasteiger partial charge in [0.2, 0.25) is 11.7 Å². The molecule has 0 bridgehead atoms. The largest absolute Gasteiger partial charge is 0.450 e. The molecule has 29 heavy (non-hydrogen) atoms. The van der Waals surface area contributed by atoms with E-state index < -0.39 is 30.2 Å². The van der Waals surface area contributed by atoms with E-state index in [4.69, 9.17) is 20.8 Å². The van der Waals surface area contributed by atoms with Gasteiger partial charge in [0.1, 0.15) is 5.82 Å². The van der Waals surface area contributed by atoms with E-state index in [1.54, 1.807) is 25.1 Å². The number of nitrogens with one attached hydrogen (secondary N) is 2. The Morgan fingerprint density at radius 3 is 2.52 bits per heavy atom. The van der Waals surface area contributed by atoms with Gasteiger partial charge >= 0.3 is 5.97 Å². The number of hydrogen-bond acceptors (Lipinski definition) is 5. The SMILES string of the molecule is Cc1c(C(=O)OCC(=O)NCC(=O)Nc2ccc(F)cc2)oc2c(Cl)cccc12. The molecule has 1 heterocycles. The Hall–Kier alpha value is -3.39. The maximum Gasteiger partial charge on any atom is 0.375 e. The molecule has 2 amide bonds. The van der Waals surface area contributed by atoms with Crippen LogP contribution in [0.2, 0.25) is 5.02 Å². The minimum absolute atomic E-state index is 0.0463. The average molecular weight is 419 g/mol. The lowest BCUT2D eigenvalue weighted by atomic mass is 10.1. The molecular weight excluding hydrogens is 403 g/mol. The summed E-state index contributed by atoms with van der Waals surface area (Å²) < 4.78 is 23.2. The van der Waals surface area contributed by atoms with Gasteiger partial charge in [0.15, 0.2) is 12.2 Å². The number of halogens is 2. The minimum atomic E-state index is -0.819. The van der Waals surface area contributed by atoms with Crippen molar-refractivity contribution in [2.75, 3.05) is 18.5 Å². The highest BCUT2D eigenvalue weighted by Gasteiger charge is 2.21. The first kappa shape index (κ1) is 20.3. The number of carbonyl (C=O) groups is 3. The van der Waals surface area contributed by atoms with Gasteiger partial charge in [-0.2, -0.15) is 0 Å². The normalized spacial score (nSPS) is 10.6. The van der Waals surface area contributed by atoms with Gasteiger partial charge in [0, 0.05) is 16.6 Å². The van der Waals surface area contributed by atoms with E-state index in [-0.39, 0.29) is 12.3 Å². The fraction of sp³-hybridized carbons (Fsp3) is 0.150. The monoisotopic (exact) mass is 418 g/mol. The highest BCUT2D eigenvalue weighted by molar-refractivity contribution is 6.35. The number of esters is 1. The van der Waals surface area contributed by atoms with Crippen molar-refractivity contribution in [2.24, 2.45) is 0 Å². The summed E-state index contributed by atoms with van der Waals surface area (Å²) in [6.07, 6.45) is 0. The predicted octanol–water partition coefficient (Wildman–Crippen LogP) is 3.45. The predicted molar refractivity (Wildman–Crippen MR) is 104 cm³/mol. The number of aryl methyl sites for hydroxylation is 1. The number of benzene rings is 2. The molecule has 0 aliphatic rings. The van der Waals surface area contributed by atoms with Crippen molar-refractivity contribution in [3.05, 3.63) is 64.6 Å². The van der Waals surface area contributed by atoms with Crippen molar-refractivity contribution in [3.8, 4) is 0 Å². The van der Waals surface area contributed by atoms with Crippen LogP contribution >= 0.6 is 11.6 Å². The smallest absolute Gasteiger partial charge is 0.375 e. The summed E-state index contributed by atoms with van der Waals surface area (Å²) in [4.78, 5) is 35.8. The van der Waals surface area contributed by atoms with Crippen LogP contribution < -0.4 is 10.6 Å². The molecule has 0 fully saturated rings. The lowest BCUT2D eigenvalue weighted by Gasteiger charge is -2.07. The molecule has 2 N–H and O–H groups in total. The first-order chi connectivity index (χ1) is 13.8. The maximum absolute atomic E-state index is 12.8. The minimum Gasteiger partial charge on any atom is -0.450 e. The molecule has 0 atom stereocenters. The molecule has 3 aromatic rings. The molecular formula is C20H16ClFN2O5. The van der Waals surface area contributed by atoms with Crippen LogP contribution in [0.1, 0.15) is 16.1 Å². The van der Waals surface area contributed by atoms with E-state index in [0.29, 0.717) is 27.2 Å². The number of para-hydroxylation sites is 1. The molecule has 150 valence electrons. The van der Waals surface area contributed by atoms with Gasteiger partial charge in [-0.05, 0) is 37.3 Å². The maximum atomic E-state index is 12.8. The molecule has 0 unspecified atom stereocenters. The average Bonchev–Trinajstić information content (AvgIpc) is 3.04. The standard InChI is InChI=1S/C20H16ClFN2O5/c1-11-14-3-2-4-15(21)19(14)29-18(11)20(27)28-10-17(26)23-9-16(25)24-13-7-5-12(22)6-8-13/h2-8H,9-10H2,1H3,(H,23,26)(H,24,25). The Morgan fingerprint density at radius 1 is 1.10 bits per heavy atom. The van der Waals surface area contributed by atoms with Crippen molar-refractivity contribution in [1.29, 1.82) is 0 Å². The van der Waals surface area contributed by atoms with Gasteiger partial charge < -0.3 is 19.8 Å². The molecule has 0 saturated carbocycles. The van der Waals surface area contributed by atoms with Crippen molar-refractivity contribution < 1.29 is 27.9 Å². The molecule has 2 aromatic carbocycles. The third kappa shape index (κ3) is 4.91. The van der Waals surface area contributed by atoms with Crippen molar-refractivity contribution in [1.82, 2.24) is 5.32 Å². The molecule has 0 saturated heterocycles. The molecule has 9 heteroatoms. The molecule has 7 nitrogen and oxygen atoms in total. The topological polar surface area (TPSA) is 97.6 Å². The number of furan rings is 1. The zero-order valence-electron chi connectivity index (χ0n) is 15.3. The third-order valence-electron chi connectivity index (χ3n) is 4.01. The van der Waals surface area contributed by atoms with Crippen LogP contribution in [0.25, 0.3) is 11.0 Å². The van der Waals surface area contributed by atoms with Gasteiger partial charge in [0.05, 0.1) is 11.6 Å². The van der Waals surface area contributed by atoms with Crippen LogP contribution in [-0.4, -0.2) is 30.9 Å². The van der Waals surface area contributed by atoms with Gasteiger partial charge in [0.25, 0.3) is 5.91 Å². The van der Waals surface area contributed by atoms with Crippen LogP contribution in [0.15, 0.2) is 46.9 Å². The van der Waals surface area contributed by atoms with Crippen LogP contribution in [0.4, 0.5) is 10.1 Å². The van der Waals surface area contributed by atoms with E-state index in [2.05, 4.69) is 10.6 Å². The van der Waals surface area contributed by atoms with Crippen molar-refractivity contribution >= 4 is 46.0 Å². The summed E-state index contributed by atoms with van der Waals surface area (Å²) in [5.74, 6) is -2.48. The fourth-order valence-corrected chi connectivity index (χ4v) is 2.78. The Morgan fingerprint density at radius 2 is 1.83 bits per heavy atom. The molecule has 3 rings (SSSR count). The van der Waals surface area contributed by atoms with E-state index in [9.17, 15) is 18.8 Å². The van der Waals surface area contributed by atoms with Gasteiger partial charge in [-0.1, -0.05) is 23.7 Å². The highest BCUT2D eigenvalue weighted by atomic mass is 35.5. The highest BCUT2D eigenvalue weighted by Crippen LogP contribution is 2.30. The van der Waals surface area contributed by atoms with E-state index in [1.807, 2.05) is 0 Å². The molecule has 0 spiro atoms. The summed E-state index contributed by atoms with van der Waals surface area (Å²) in [7, 11) is 0. The Balaban J connectivity index is 1.49. The molecule has 1 aromatic heterocycles. The zero-order chi connectivity index (χ0) is 21.0. The Kier molecular flexibility index (Phi) is 6.13. The van der Waals surface area contributed by atoms with Crippen molar-refractivity contribution in [2.45, 2.75) is 6.92 Å². The summed E-state index contributed by atoms with van der Waals surface area (Å²) in [5, 5.41) is 5.83. The lowest BCUT2D eigenvalue weighted by Crippen LogP contribution is -2.35. The van der Waals surface area contributed by atoms with Gasteiger partial charge in [-0.3, -0.25) is 9.59 Å². The molecule has 0 aliphatic carbocycles. The van der Waals surface area contributed by atoms with Gasteiger partial charge in [-0.15, -0.1) is 0 Å². The van der Waals surface area contributed by atoms with E-state index in [1.165, 1.54) is 24.3 Å². The number of amides is 2. The second-order valence-electron chi connectivity index (χ2n) is 6.08. The van der Waals surface area contributed by atoms with Crippen LogP contribution in [0.5, 0.6) is 0 Å². The number of anilines is 1. The number of ether oxygens (including phenoxy) is 1. The van der Waals surface area contributed by atoms with E-state index >= 15 is 0 Å². The molecule has 0 radical (unpaired) electrons. The Labute approximate surface area is 169 Å². The third-order valence-corrected chi connectivity index (χ3v) is 4.31. The zero-order valence-corrected chi connectivity index (χ0v) is 16.0. The van der Waals surface area contributed by atoms with Crippen LogP contribution in [0.3, 0.4) is 0 Å². The second kappa shape index (κ2) is 8.74. The number of carbonyl (C=O) groups excluding carboxylic acids is 3. The fourth-order valence-electron chi connectivity index (χ4n) is 2.57. The summed E-state index contributed by atoms with van der Waals surface area (Å²) in [6.45, 7) is 0.749. The number of rotatable bonds is 6. The Bertz CT molecular complexity index is 1080. The second-order valence-corrected chi connectivity index (χ2v) is 6.49. The first-order valence-electron chi connectivity index (χ1n) is 8.52. The summed E-state index contributed by atoms with van der Waals surface area (Å²) >= 11 is 6.04. The number of fused-ring (bicyclic) bond motifs is 1. The van der Waals surface area contributed by atoms with Crippen LogP contribution in [0, 0.1) is 12.7 Å². The van der Waals surface area contributed by atoms with Crippen molar-refractivity contribution in [3.63, 3.8) is 0 Å². The quantitative estimate of drug-likeness (QED) is 0.597. The van der Waals surface area contributed by atoms with Gasteiger partial charge in [-0.25, -0.2) is 9.18 Å². The molecule has 0 aliphatic heterocycles. The van der Waals surface area contributed by atoms with E-state index in [0.717, 1.165) is 0 Å². The van der Waals surface area contributed by atoms with Crippen LogP contribution in [-0.2, 0) is 14.3 Å². The lowest BCUT2D eigenvalue weighted by molar-refractivity contribution is -0.126. The summed E-state index contributed by atoms with van der Waals surface area (Å²) in [5.41, 5.74) is 1.29.